The molecule has 1 aromatic carbocycles. The lowest BCUT2D eigenvalue weighted by Crippen LogP contribution is -2.49. The second-order valence-electron chi connectivity index (χ2n) is 5.86. The van der Waals surface area contributed by atoms with Crippen LogP contribution in [-0.2, 0) is 16.1 Å². The monoisotopic (exact) mass is 359 g/mol. The first-order valence-electron chi connectivity index (χ1n) is 8.26. The van der Waals surface area contributed by atoms with E-state index in [-0.39, 0.29) is 18.1 Å². The summed E-state index contributed by atoms with van der Waals surface area (Å²) in [4.78, 5) is 27.8. The molecule has 0 radical (unpaired) electrons. The predicted molar refractivity (Wildman–Crippen MR) is 93.1 cm³/mol. The van der Waals surface area contributed by atoms with Crippen molar-refractivity contribution in [3.05, 3.63) is 36.2 Å². The second-order valence-corrected chi connectivity index (χ2v) is 5.86. The Labute approximate surface area is 151 Å². The maximum absolute atomic E-state index is 12.4. The number of carbonyl (C=O) groups is 2. The Balaban J connectivity index is 1.53. The zero-order valence-electron chi connectivity index (χ0n) is 14.8. The van der Waals surface area contributed by atoms with Crippen LogP contribution in [0.2, 0.25) is 0 Å². The molecule has 9 nitrogen and oxygen atoms in total. The molecule has 1 amide bonds. The fourth-order valence-electron chi connectivity index (χ4n) is 2.82. The van der Waals surface area contributed by atoms with Gasteiger partial charge in [0, 0.05) is 31.9 Å². The zero-order chi connectivity index (χ0) is 18.5. The van der Waals surface area contributed by atoms with Gasteiger partial charge in [-0.3, -0.25) is 4.79 Å². The number of methoxy groups -OCH3 is 2. The minimum atomic E-state index is -0.572. The molecule has 3 rings (SSSR count). The van der Waals surface area contributed by atoms with Crippen molar-refractivity contribution in [3.63, 3.8) is 0 Å². The van der Waals surface area contributed by atoms with Crippen molar-refractivity contribution >= 4 is 17.6 Å². The van der Waals surface area contributed by atoms with Gasteiger partial charge in [0.1, 0.15) is 12.3 Å². The summed E-state index contributed by atoms with van der Waals surface area (Å²) in [6.45, 7) is 2.81. The third-order valence-corrected chi connectivity index (χ3v) is 4.30. The van der Waals surface area contributed by atoms with Gasteiger partial charge >= 0.3 is 5.97 Å². The number of hydrogen-bond acceptors (Lipinski definition) is 7. The summed E-state index contributed by atoms with van der Waals surface area (Å²) in [5.41, 5.74) is 1.20. The Bertz CT molecular complexity index is 766. The van der Waals surface area contributed by atoms with Gasteiger partial charge in [0.15, 0.2) is 5.69 Å². The molecule has 0 atom stereocenters. The molecule has 0 bridgehead atoms. The third kappa shape index (κ3) is 3.93. The van der Waals surface area contributed by atoms with E-state index < -0.39 is 5.97 Å². The lowest BCUT2D eigenvalue weighted by atomic mass is 10.2. The highest BCUT2D eigenvalue weighted by atomic mass is 16.5. The van der Waals surface area contributed by atoms with E-state index in [2.05, 4.69) is 19.9 Å². The molecule has 1 aliphatic rings. The van der Waals surface area contributed by atoms with E-state index in [9.17, 15) is 9.59 Å². The zero-order valence-corrected chi connectivity index (χ0v) is 14.8. The lowest BCUT2D eigenvalue weighted by molar-refractivity contribution is -0.132. The number of anilines is 1. The number of carbonyl (C=O) groups excluding carboxylic acids is 2. The summed E-state index contributed by atoms with van der Waals surface area (Å²) >= 11 is 0. The molecule has 0 saturated carbocycles. The van der Waals surface area contributed by atoms with Gasteiger partial charge < -0.3 is 19.3 Å². The Morgan fingerprint density at radius 2 is 1.77 bits per heavy atom. The van der Waals surface area contributed by atoms with Gasteiger partial charge in [-0.2, -0.15) is 0 Å². The van der Waals surface area contributed by atoms with Crippen LogP contribution < -0.4 is 9.64 Å². The van der Waals surface area contributed by atoms with Crippen LogP contribution >= 0.6 is 0 Å². The van der Waals surface area contributed by atoms with Gasteiger partial charge in [-0.15, -0.1) is 5.10 Å². The highest BCUT2D eigenvalue weighted by molar-refractivity contribution is 5.86. The molecular formula is C17H21N5O4. The molecular weight excluding hydrogens is 338 g/mol. The van der Waals surface area contributed by atoms with Crippen LogP contribution in [0.15, 0.2) is 30.5 Å². The summed E-state index contributed by atoms with van der Waals surface area (Å²) in [6.07, 6.45) is 1.41. The Morgan fingerprint density at radius 3 is 2.38 bits per heavy atom. The quantitative estimate of drug-likeness (QED) is 0.715. The van der Waals surface area contributed by atoms with E-state index in [1.54, 1.807) is 12.0 Å². The van der Waals surface area contributed by atoms with Crippen LogP contribution in [0.5, 0.6) is 5.75 Å². The smallest absolute Gasteiger partial charge is 0.360 e. The molecule has 1 aliphatic heterocycles. The van der Waals surface area contributed by atoms with Crippen molar-refractivity contribution in [1.29, 1.82) is 0 Å². The van der Waals surface area contributed by atoms with Crippen LogP contribution in [-0.4, -0.2) is 72.2 Å². The number of ether oxygens (including phenoxy) is 2. The second kappa shape index (κ2) is 7.85. The van der Waals surface area contributed by atoms with Crippen molar-refractivity contribution in [2.45, 2.75) is 6.54 Å². The van der Waals surface area contributed by atoms with Crippen LogP contribution in [0.1, 0.15) is 10.5 Å². The summed E-state index contributed by atoms with van der Waals surface area (Å²) in [5.74, 6) is 0.194. The molecule has 0 spiro atoms. The number of esters is 1. The minimum Gasteiger partial charge on any atom is -0.497 e. The highest BCUT2D eigenvalue weighted by Crippen LogP contribution is 2.20. The number of nitrogens with zero attached hydrogens (tertiary/aromatic N) is 5. The van der Waals surface area contributed by atoms with E-state index in [0.29, 0.717) is 13.1 Å². The van der Waals surface area contributed by atoms with Crippen molar-refractivity contribution in [2.24, 2.45) is 0 Å². The minimum absolute atomic E-state index is 0.0481. The molecule has 1 saturated heterocycles. The van der Waals surface area contributed by atoms with E-state index in [1.807, 2.05) is 24.3 Å². The third-order valence-electron chi connectivity index (χ3n) is 4.30. The van der Waals surface area contributed by atoms with Gasteiger partial charge in [-0.1, -0.05) is 5.21 Å². The number of amides is 1. The molecule has 0 aliphatic carbocycles. The predicted octanol–water partition coefficient (Wildman–Crippen LogP) is 0.422. The van der Waals surface area contributed by atoms with Crippen molar-refractivity contribution in [2.75, 3.05) is 45.3 Å². The molecule has 0 N–H and O–H groups in total. The Kier molecular flexibility index (Phi) is 5.35. The van der Waals surface area contributed by atoms with Crippen LogP contribution in [0.3, 0.4) is 0 Å². The molecule has 0 unspecified atom stereocenters. The largest absolute Gasteiger partial charge is 0.497 e. The normalized spacial score (nSPS) is 14.2. The van der Waals surface area contributed by atoms with Gasteiger partial charge in [0.25, 0.3) is 0 Å². The average Bonchev–Trinajstić information content (AvgIpc) is 3.16. The van der Waals surface area contributed by atoms with Crippen LogP contribution in [0.4, 0.5) is 5.69 Å². The number of piperazine rings is 1. The van der Waals surface area contributed by atoms with E-state index >= 15 is 0 Å². The van der Waals surface area contributed by atoms with E-state index in [4.69, 9.17) is 4.74 Å². The van der Waals surface area contributed by atoms with Gasteiger partial charge in [-0.05, 0) is 24.3 Å². The Morgan fingerprint density at radius 1 is 1.08 bits per heavy atom. The van der Waals surface area contributed by atoms with Gasteiger partial charge in [0.2, 0.25) is 5.91 Å². The standard InChI is InChI=1S/C17H21N5O4/c1-25-14-5-3-13(4-6-14)20-7-9-21(10-8-20)16(23)12-22-11-15(18-19-22)17(24)26-2/h3-6,11H,7-10,12H2,1-2H3. The topological polar surface area (TPSA) is 89.8 Å². The summed E-state index contributed by atoms with van der Waals surface area (Å²) in [5, 5.41) is 7.50. The average molecular weight is 359 g/mol. The molecule has 1 fully saturated rings. The van der Waals surface area contributed by atoms with E-state index in [0.717, 1.165) is 24.5 Å². The van der Waals surface area contributed by atoms with Crippen molar-refractivity contribution in [1.82, 2.24) is 19.9 Å². The first-order valence-corrected chi connectivity index (χ1v) is 8.26. The van der Waals surface area contributed by atoms with Crippen LogP contribution in [0.25, 0.3) is 0 Å². The van der Waals surface area contributed by atoms with Crippen molar-refractivity contribution in [3.8, 4) is 5.75 Å². The highest BCUT2D eigenvalue weighted by Gasteiger charge is 2.22. The van der Waals surface area contributed by atoms with Gasteiger partial charge in [0.05, 0.1) is 20.4 Å². The molecule has 26 heavy (non-hydrogen) atoms. The summed E-state index contributed by atoms with van der Waals surface area (Å²) in [7, 11) is 2.91. The first-order chi connectivity index (χ1) is 12.6. The van der Waals surface area contributed by atoms with E-state index in [1.165, 1.54) is 18.0 Å². The maximum Gasteiger partial charge on any atom is 0.360 e. The van der Waals surface area contributed by atoms with Gasteiger partial charge in [-0.25, -0.2) is 9.48 Å². The molecule has 9 heteroatoms. The summed E-state index contributed by atoms with van der Waals surface area (Å²) < 4.78 is 11.1. The van der Waals surface area contributed by atoms with Crippen LogP contribution in [0, 0.1) is 0 Å². The number of hydrogen-bond donors (Lipinski definition) is 0. The Hall–Kier alpha value is -3.10. The number of rotatable bonds is 5. The number of aromatic nitrogens is 3. The number of benzene rings is 1. The first kappa shape index (κ1) is 17.7. The molecule has 138 valence electrons. The summed E-state index contributed by atoms with van der Waals surface area (Å²) in [6, 6.07) is 7.88. The molecule has 2 aromatic rings. The molecule has 1 aromatic heterocycles. The lowest BCUT2D eigenvalue weighted by Gasteiger charge is -2.36. The fourth-order valence-corrected chi connectivity index (χ4v) is 2.82. The van der Waals surface area contributed by atoms with Crippen molar-refractivity contribution < 1.29 is 19.1 Å². The fraction of sp³-hybridized carbons (Fsp3) is 0.412. The SMILES string of the molecule is COC(=O)c1cn(CC(=O)N2CCN(c3ccc(OC)cc3)CC2)nn1. The molecule has 2 heterocycles. The maximum atomic E-state index is 12.4.